The third kappa shape index (κ3) is 4.23. The largest absolute Gasteiger partial charge is 0.489 e. The number of amides is 1. The zero-order chi connectivity index (χ0) is 17.8. The normalized spacial score (nSPS) is 18.8. The number of aryl methyl sites for hydroxylation is 1. The minimum atomic E-state index is -0.0561. The Balaban J connectivity index is 1.65. The molecule has 2 aromatic rings. The molecule has 0 bridgehead atoms. The number of hydrogen-bond donors (Lipinski definition) is 1. The van der Waals surface area contributed by atoms with Gasteiger partial charge < -0.3 is 19.8 Å². The van der Waals surface area contributed by atoms with Gasteiger partial charge in [-0.25, -0.2) is 0 Å². The fourth-order valence-corrected chi connectivity index (χ4v) is 3.23. The van der Waals surface area contributed by atoms with Crippen LogP contribution in [0.15, 0.2) is 40.8 Å². The van der Waals surface area contributed by atoms with Crippen molar-refractivity contribution in [1.82, 2.24) is 4.90 Å². The first-order chi connectivity index (χ1) is 12.0. The summed E-state index contributed by atoms with van der Waals surface area (Å²) in [5.41, 5.74) is 6.91. The van der Waals surface area contributed by atoms with E-state index in [4.69, 9.17) is 14.9 Å². The highest BCUT2D eigenvalue weighted by atomic mass is 16.5. The monoisotopic (exact) mass is 342 g/mol. The number of carbonyl (C=O) groups is 1. The van der Waals surface area contributed by atoms with Crippen LogP contribution in [0.5, 0.6) is 5.75 Å². The fraction of sp³-hybridized carbons (Fsp3) is 0.450. The Morgan fingerprint density at radius 2 is 2.16 bits per heavy atom. The van der Waals surface area contributed by atoms with Gasteiger partial charge >= 0.3 is 0 Å². The Morgan fingerprint density at radius 1 is 1.40 bits per heavy atom. The highest BCUT2D eigenvalue weighted by Crippen LogP contribution is 2.23. The van der Waals surface area contributed by atoms with Gasteiger partial charge in [-0.1, -0.05) is 18.2 Å². The van der Waals surface area contributed by atoms with E-state index in [0.29, 0.717) is 24.8 Å². The van der Waals surface area contributed by atoms with Gasteiger partial charge in [-0.15, -0.1) is 0 Å². The summed E-state index contributed by atoms with van der Waals surface area (Å²) in [5.74, 6) is 2.20. The Kier molecular flexibility index (Phi) is 5.43. The van der Waals surface area contributed by atoms with Crippen molar-refractivity contribution in [3.05, 3.63) is 53.5 Å². The van der Waals surface area contributed by atoms with E-state index in [1.165, 1.54) is 0 Å². The third-order valence-electron chi connectivity index (χ3n) is 4.86. The zero-order valence-corrected chi connectivity index (χ0v) is 14.9. The maximum atomic E-state index is 12.8. The SMILES string of the molecule is Cc1oc(C(=O)N2CCC[C@H]([C@H](C)N)C2)cc1COc1ccccc1. The van der Waals surface area contributed by atoms with Gasteiger partial charge in [0.15, 0.2) is 5.76 Å². The van der Waals surface area contributed by atoms with Gasteiger partial charge in [0.2, 0.25) is 0 Å². The van der Waals surface area contributed by atoms with Crippen LogP contribution in [0, 0.1) is 12.8 Å². The molecule has 2 N–H and O–H groups in total. The van der Waals surface area contributed by atoms with Gasteiger partial charge in [0.25, 0.3) is 5.91 Å². The van der Waals surface area contributed by atoms with Gasteiger partial charge in [0.05, 0.1) is 0 Å². The minimum Gasteiger partial charge on any atom is -0.489 e. The van der Waals surface area contributed by atoms with Crippen LogP contribution in [0.3, 0.4) is 0 Å². The number of ether oxygens (including phenoxy) is 1. The van der Waals surface area contributed by atoms with Crippen LogP contribution in [0.2, 0.25) is 0 Å². The summed E-state index contributed by atoms with van der Waals surface area (Å²) in [6.45, 7) is 5.72. The highest BCUT2D eigenvalue weighted by Gasteiger charge is 2.28. The number of hydrogen-bond acceptors (Lipinski definition) is 4. The zero-order valence-electron chi connectivity index (χ0n) is 14.9. The number of likely N-dealkylation sites (tertiary alicyclic amines) is 1. The number of nitrogens with two attached hydrogens (primary N) is 1. The molecule has 1 amide bonds. The van der Waals surface area contributed by atoms with Gasteiger partial charge in [0, 0.05) is 24.7 Å². The summed E-state index contributed by atoms with van der Waals surface area (Å²) in [6.07, 6.45) is 2.07. The lowest BCUT2D eigenvalue weighted by molar-refractivity contribution is 0.0627. The van der Waals surface area contributed by atoms with Crippen LogP contribution in [0.25, 0.3) is 0 Å². The summed E-state index contributed by atoms with van der Waals surface area (Å²) in [5, 5.41) is 0. The molecule has 5 nitrogen and oxygen atoms in total. The Bertz CT molecular complexity index is 709. The number of nitrogens with zero attached hydrogens (tertiary/aromatic N) is 1. The Morgan fingerprint density at radius 3 is 2.88 bits per heavy atom. The summed E-state index contributed by atoms with van der Waals surface area (Å²) < 4.78 is 11.5. The first-order valence-corrected chi connectivity index (χ1v) is 8.86. The molecule has 0 aliphatic carbocycles. The van der Waals surface area contributed by atoms with Crippen molar-refractivity contribution in [2.45, 2.75) is 39.3 Å². The van der Waals surface area contributed by atoms with Gasteiger partial charge in [-0.2, -0.15) is 0 Å². The molecule has 3 rings (SSSR count). The highest BCUT2D eigenvalue weighted by molar-refractivity contribution is 5.91. The second kappa shape index (κ2) is 7.74. The molecule has 1 aliphatic heterocycles. The lowest BCUT2D eigenvalue weighted by Crippen LogP contribution is -2.44. The van der Waals surface area contributed by atoms with Crippen molar-refractivity contribution in [2.75, 3.05) is 13.1 Å². The van der Waals surface area contributed by atoms with Crippen LogP contribution in [-0.2, 0) is 6.61 Å². The third-order valence-corrected chi connectivity index (χ3v) is 4.86. The number of furan rings is 1. The Labute approximate surface area is 148 Å². The van der Waals surface area contributed by atoms with Gasteiger partial charge in [-0.05, 0) is 50.8 Å². The molecule has 0 saturated carbocycles. The molecule has 1 aromatic carbocycles. The maximum Gasteiger partial charge on any atom is 0.289 e. The van der Waals surface area contributed by atoms with Crippen LogP contribution >= 0.6 is 0 Å². The summed E-state index contributed by atoms with van der Waals surface area (Å²) >= 11 is 0. The Hall–Kier alpha value is -2.27. The molecule has 1 aromatic heterocycles. The molecule has 5 heteroatoms. The predicted octanol–water partition coefficient (Wildman–Crippen LogP) is 3.37. The van der Waals surface area contributed by atoms with E-state index in [9.17, 15) is 4.79 Å². The molecule has 25 heavy (non-hydrogen) atoms. The minimum absolute atomic E-state index is 0.0561. The summed E-state index contributed by atoms with van der Waals surface area (Å²) in [7, 11) is 0. The topological polar surface area (TPSA) is 68.7 Å². The number of benzene rings is 1. The quantitative estimate of drug-likeness (QED) is 0.904. The van der Waals surface area contributed by atoms with Crippen LogP contribution in [0.1, 0.15) is 41.6 Å². The van der Waals surface area contributed by atoms with Crippen molar-refractivity contribution in [1.29, 1.82) is 0 Å². The number of carbonyl (C=O) groups excluding carboxylic acids is 1. The van der Waals surface area contributed by atoms with Crippen molar-refractivity contribution in [3.63, 3.8) is 0 Å². The number of para-hydroxylation sites is 1. The molecule has 2 atom stereocenters. The first kappa shape index (κ1) is 17.5. The molecule has 1 saturated heterocycles. The standard InChI is InChI=1S/C20H26N2O3/c1-14(21)16-7-6-10-22(12-16)20(23)19-11-17(15(2)25-19)13-24-18-8-4-3-5-9-18/h3-5,8-9,11,14,16H,6-7,10,12-13,21H2,1-2H3/t14-,16-/m0/s1. The molecule has 1 aliphatic rings. The molecular formula is C20H26N2O3. The second-order valence-electron chi connectivity index (χ2n) is 6.81. The molecule has 1 fully saturated rings. The first-order valence-electron chi connectivity index (χ1n) is 8.86. The van der Waals surface area contributed by atoms with Gasteiger partial charge in [-0.3, -0.25) is 4.79 Å². The molecule has 0 unspecified atom stereocenters. The maximum absolute atomic E-state index is 12.8. The average Bonchev–Trinajstić information content (AvgIpc) is 3.01. The van der Waals surface area contributed by atoms with E-state index >= 15 is 0 Å². The molecule has 2 heterocycles. The van der Waals surface area contributed by atoms with Crippen LogP contribution in [-0.4, -0.2) is 29.9 Å². The lowest BCUT2D eigenvalue weighted by Gasteiger charge is -2.34. The van der Waals surface area contributed by atoms with Crippen LogP contribution < -0.4 is 10.5 Å². The molecule has 134 valence electrons. The summed E-state index contributed by atoms with van der Waals surface area (Å²) in [4.78, 5) is 14.6. The van der Waals surface area contributed by atoms with Crippen molar-refractivity contribution < 1.29 is 13.9 Å². The second-order valence-corrected chi connectivity index (χ2v) is 6.81. The van der Waals surface area contributed by atoms with E-state index in [1.54, 1.807) is 6.07 Å². The van der Waals surface area contributed by atoms with Crippen molar-refractivity contribution >= 4 is 5.91 Å². The number of rotatable bonds is 5. The van der Waals surface area contributed by atoms with E-state index in [-0.39, 0.29) is 11.9 Å². The molecular weight excluding hydrogens is 316 g/mol. The number of piperidine rings is 1. The fourth-order valence-electron chi connectivity index (χ4n) is 3.23. The van der Waals surface area contributed by atoms with Gasteiger partial charge in [0.1, 0.15) is 18.1 Å². The van der Waals surface area contributed by atoms with Crippen LogP contribution in [0.4, 0.5) is 0 Å². The summed E-state index contributed by atoms with van der Waals surface area (Å²) in [6, 6.07) is 11.5. The molecule has 0 spiro atoms. The average molecular weight is 342 g/mol. The predicted molar refractivity (Wildman–Crippen MR) is 96.5 cm³/mol. The van der Waals surface area contributed by atoms with Crippen molar-refractivity contribution in [2.24, 2.45) is 11.7 Å². The van der Waals surface area contributed by atoms with E-state index < -0.39 is 0 Å². The van der Waals surface area contributed by atoms with Crippen molar-refractivity contribution in [3.8, 4) is 5.75 Å². The van der Waals surface area contributed by atoms with E-state index in [0.717, 1.165) is 36.5 Å². The lowest BCUT2D eigenvalue weighted by atomic mass is 9.92. The smallest absolute Gasteiger partial charge is 0.289 e. The van der Waals surface area contributed by atoms with E-state index in [1.807, 2.05) is 49.1 Å². The van der Waals surface area contributed by atoms with E-state index in [2.05, 4.69) is 0 Å². The molecule has 0 radical (unpaired) electrons.